The summed E-state index contributed by atoms with van der Waals surface area (Å²) in [5.41, 5.74) is 3.83. The highest BCUT2D eigenvalue weighted by Crippen LogP contribution is 2.33. The van der Waals surface area contributed by atoms with Crippen LogP contribution in [0.15, 0.2) is 48.5 Å². The zero-order valence-corrected chi connectivity index (χ0v) is 18.4. The van der Waals surface area contributed by atoms with Crippen molar-refractivity contribution in [1.82, 2.24) is 15.1 Å². The van der Waals surface area contributed by atoms with Crippen LogP contribution in [-0.2, 0) is 0 Å². The molecule has 1 amide bonds. The van der Waals surface area contributed by atoms with Crippen molar-refractivity contribution in [3.63, 3.8) is 0 Å². The molecule has 1 N–H and O–H groups in total. The van der Waals surface area contributed by atoms with Crippen LogP contribution in [0.4, 0.5) is 0 Å². The third-order valence-electron chi connectivity index (χ3n) is 5.23. The number of aromatic nitrogens is 2. The first-order valence-electron chi connectivity index (χ1n) is 10.0. The summed E-state index contributed by atoms with van der Waals surface area (Å²) in [7, 11) is 3.22. The number of benzene rings is 2. The number of hydrogen-bond acceptors (Lipinski definition) is 4. The maximum Gasteiger partial charge on any atom is 0.270 e. The summed E-state index contributed by atoms with van der Waals surface area (Å²) >= 11 is 0. The van der Waals surface area contributed by atoms with E-state index in [-0.39, 0.29) is 11.9 Å². The van der Waals surface area contributed by atoms with Gasteiger partial charge in [-0.1, -0.05) is 26.0 Å². The highest BCUT2D eigenvalue weighted by molar-refractivity contribution is 5.94. The summed E-state index contributed by atoms with van der Waals surface area (Å²) in [5.74, 6) is 1.48. The van der Waals surface area contributed by atoms with Crippen molar-refractivity contribution in [2.45, 2.75) is 33.7 Å². The Balaban J connectivity index is 2.12. The van der Waals surface area contributed by atoms with Crippen LogP contribution in [0.25, 0.3) is 16.9 Å². The van der Waals surface area contributed by atoms with Gasteiger partial charge < -0.3 is 14.8 Å². The first-order chi connectivity index (χ1) is 14.3. The molecule has 0 aliphatic rings. The van der Waals surface area contributed by atoms with Gasteiger partial charge in [-0.05, 0) is 55.7 Å². The van der Waals surface area contributed by atoms with Crippen molar-refractivity contribution >= 4 is 5.91 Å². The Hall–Kier alpha value is -3.28. The minimum atomic E-state index is -0.163. The van der Waals surface area contributed by atoms with Crippen molar-refractivity contribution < 1.29 is 14.3 Å². The zero-order valence-electron chi connectivity index (χ0n) is 18.4. The molecule has 6 heteroatoms. The van der Waals surface area contributed by atoms with Gasteiger partial charge in [-0.2, -0.15) is 5.10 Å². The molecule has 3 rings (SSSR count). The number of rotatable bonds is 7. The van der Waals surface area contributed by atoms with Crippen LogP contribution >= 0.6 is 0 Å². The van der Waals surface area contributed by atoms with Crippen LogP contribution in [0, 0.1) is 12.8 Å². The Bertz CT molecular complexity index is 1040. The number of carbonyl (C=O) groups excluding carboxylic acids is 1. The lowest BCUT2D eigenvalue weighted by atomic mass is 10.1. The van der Waals surface area contributed by atoms with E-state index >= 15 is 0 Å². The van der Waals surface area contributed by atoms with Crippen molar-refractivity contribution in [2.24, 2.45) is 5.92 Å². The Morgan fingerprint density at radius 1 is 1.03 bits per heavy atom. The highest BCUT2D eigenvalue weighted by atomic mass is 16.5. The van der Waals surface area contributed by atoms with Gasteiger partial charge >= 0.3 is 0 Å². The average Bonchev–Trinajstić information content (AvgIpc) is 3.18. The minimum Gasteiger partial charge on any atom is -0.497 e. The van der Waals surface area contributed by atoms with Gasteiger partial charge in [-0.15, -0.1) is 0 Å². The molecule has 0 fully saturated rings. The van der Waals surface area contributed by atoms with E-state index in [4.69, 9.17) is 14.6 Å². The third-order valence-corrected chi connectivity index (χ3v) is 5.23. The summed E-state index contributed by atoms with van der Waals surface area (Å²) in [6, 6.07) is 15.3. The van der Waals surface area contributed by atoms with E-state index in [1.54, 1.807) is 25.0 Å². The van der Waals surface area contributed by atoms with Crippen LogP contribution < -0.4 is 14.8 Å². The van der Waals surface area contributed by atoms with Gasteiger partial charge in [0.05, 0.1) is 25.6 Å². The molecule has 0 aliphatic heterocycles. The number of nitrogens with one attached hydrogen (secondary N) is 1. The Morgan fingerprint density at radius 3 is 2.43 bits per heavy atom. The predicted molar refractivity (Wildman–Crippen MR) is 119 cm³/mol. The zero-order chi connectivity index (χ0) is 21.8. The van der Waals surface area contributed by atoms with Crippen molar-refractivity contribution in [3.05, 3.63) is 59.8 Å². The second-order valence-corrected chi connectivity index (χ2v) is 7.74. The first-order valence-corrected chi connectivity index (χ1v) is 10.0. The fourth-order valence-electron chi connectivity index (χ4n) is 3.09. The molecule has 0 aliphatic carbocycles. The molecule has 0 bridgehead atoms. The number of carbonyl (C=O) groups is 1. The van der Waals surface area contributed by atoms with Crippen molar-refractivity contribution in [1.29, 1.82) is 0 Å². The smallest absolute Gasteiger partial charge is 0.270 e. The molecule has 3 aromatic rings. The third kappa shape index (κ3) is 4.48. The predicted octanol–water partition coefficient (Wildman–Crippen LogP) is 4.64. The van der Waals surface area contributed by atoms with Gasteiger partial charge in [-0.25, -0.2) is 4.68 Å². The molecule has 0 spiro atoms. The van der Waals surface area contributed by atoms with Crippen LogP contribution in [0.5, 0.6) is 11.5 Å². The summed E-state index contributed by atoms with van der Waals surface area (Å²) in [6.07, 6.45) is 0. The standard InChI is InChI=1S/C24H29N3O3/c1-15(2)17(4)25-24(28)22-14-21(20-11-10-19(29-5)13-23(20)30-6)26-27(22)18-9-7-8-16(3)12-18/h7-15,17H,1-6H3,(H,25,28)/t17-/m1/s1. The molecule has 6 nitrogen and oxygen atoms in total. The van der Waals surface area contributed by atoms with Gasteiger partial charge in [0.1, 0.15) is 17.2 Å². The molecule has 0 unspecified atom stereocenters. The molecule has 158 valence electrons. The molecule has 2 aromatic carbocycles. The van der Waals surface area contributed by atoms with E-state index in [2.05, 4.69) is 19.2 Å². The monoisotopic (exact) mass is 407 g/mol. The number of nitrogens with zero attached hydrogens (tertiary/aromatic N) is 2. The van der Waals surface area contributed by atoms with E-state index < -0.39 is 0 Å². The number of amides is 1. The van der Waals surface area contributed by atoms with Gasteiger partial charge in [0.15, 0.2) is 0 Å². The second kappa shape index (κ2) is 9.03. The maximum absolute atomic E-state index is 13.1. The molecular formula is C24H29N3O3. The summed E-state index contributed by atoms with van der Waals surface area (Å²) in [5, 5.41) is 7.85. The minimum absolute atomic E-state index is 0.0392. The van der Waals surface area contributed by atoms with Gasteiger partial charge in [0, 0.05) is 17.7 Å². The molecular weight excluding hydrogens is 378 g/mol. The number of aryl methyl sites for hydroxylation is 1. The van der Waals surface area contributed by atoms with E-state index in [1.165, 1.54) is 0 Å². The molecule has 30 heavy (non-hydrogen) atoms. The van der Waals surface area contributed by atoms with E-state index in [0.29, 0.717) is 28.8 Å². The average molecular weight is 408 g/mol. The van der Waals surface area contributed by atoms with E-state index in [1.807, 2.05) is 56.3 Å². The van der Waals surface area contributed by atoms with E-state index in [9.17, 15) is 4.79 Å². The lowest BCUT2D eigenvalue weighted by molar-refractivity contribution is 0.0922. The van der Waals surface area contributed by atoms with E-state index in [0.717, 1.165) is 16.8 Å². The lowest BCUT2D eigenvalue weighted by Gasteiger charge is -2.17. The normalized spacial score (nSPS) is 12.0. The van der Waals surface area contributed by atoms with Gasteiger partial charge in [-0.3, -0.25) is 4.79 Å². The highest BCUT2D eigenvalue weighted by Gasteiger charge is 2.21. The summed E-state index contributed by atoms with van der Waals surface area (Å²) in [6.45, 7) is 8.18. The molecule has 1 aromatic heterocycles. The van der Waals surface area contributed by atoms with Crippen LogP contribution in [0.3, 0.4) is 0 Å². The van der Waals surface area contributed by atoms with Crippen molar-refractivity contribution in [2.75, 3.05) is 14.2 Å². The van der Waals surface area contributed by atoms with Gasteiger partial charge in [0.2, 0.25) is 0 Å². The fraction of sp³-hybridized carbons (Fsp3) is 0.333. The Labute approximate surface area is 177 Å². The quantitative estimate of drug-likeness (QED) is 0.620. The van der Waals surface area contributed by atoms with Crippen LogP contribution in [-0.4, -0.2) is 35.9 Å². The fourth-order valence-corrected chi connectivity index (χ4v) is 3.09. The number of ether oxygens (including phenoxy) is 2. The molecule has 0 saturated heterocycles. The molecule has 0 saturated carbocycles. The largest absolute Gasteiger partial charge is 0.497 e. The Kier molecular flexibility index (Phi) is 6.45. The number of methoxy groups -OCH3 is 2. The molecule has 1 heterocycles. The summed E-state index contributed by atoms with van der Waals surface area (Å²) < 4.78 is 12.5. The first kappa shape index (κ1) is 21.4. The van der Waals surface area contributed by atoms with Crippen LogP contribution in [0.2, 0.25) is 0 Å². The summed E-state index contributed by atoms with van der Waals surface area (Å²) in [4.78, 5) is 13.1. The SMILES string of the molecule is COc1ccc(-c2cc(C(=O)N[C@H](C)C(C)C)n(-c3cccc(C)c3)n2)c(OC)c1. The maximum atomic E-state index is 13.1. The number of hydrogen-bond donors (Lipinski definition) is 1. The van der Waals surface area contributed by atoms with Crippen molar-refractivity contribution in [3.8, 4) is 28.4 Å². The molecule has 1 atom stereocenters. The van der Waals surface area contributed by atoms with Gasteiger partial charge in [0.25, 0.3) is 5.91 Å². The van der Waals surface area contributed by atoms with Crippen LogP contribution in [0.1, 0.15) is 36.8 Å². The lowest BCUT2D eigenvalue weighted by Crippen LogP contribution is -2.37. The topological polar surface area (TPSA) is 65.4 Å². The molecule has 0 radical (unpaired) electrons. The second-order valence-electron chi connectivity index (χ2n) is 7.74. The Morgan fingerprint density at radius 2 is 1.80 bits per heavy atom.